The van der Waals surface area contributed by atoms with Crippen LogP contribution in [0.15, 0.2) is 60.9 Å². The van der Waals surface area contributed by atoms with Crippen molar-refractivity contribution in [2.24, 2.45) is 0 Å². The molecule has 0 saturated carbocycles. The van der Waals surface area contributed by atoms with Gasteiger partial charge in [0.1, 0.15) is 11.5 Å². The SMILES string of the molecule is COc1ccc(Oc2c(C=C(C(=O)O)c3ccncc3)sc3cc(OC)c(OC)cc23)cc1. The second kappa shape index (κ2) is 9.62. The molecule has 8 heteroatoms. The van der Waals surface area contributed by atoms with Crippen LogP contribution in [0.25, 0.3) is 21.7 Å². The Balaban J connectivity index is 1.91. The Bertz CT molecular complexity index is 1310. The first kappa shape index (κ1) is 22.2. The van der Waals surface area contributed by atoms with Crippen LogP contribution in [0.1, 0.15) is 10.4 Å². The molecule has 0 spiro atoms. The van der Waals surface area contributed by atoms with Crippen molar-refractivity contribution in [3.63, 3.8) is 0 Å². The maximum atomic E-state index is 12.1. The normalized spacial score (nSPS) is 11.3. The molecule has 0 aliphatic rings. The first-order valence-corrected chi connectivity index (χ1v) is 10.7. The molecule has 4 aromatic rings. The van der Waals surface area contributed by atoms with Gasteiger partial charge in [-0.15, -0.1) is 11.3 Å². The lowest BCUT2D eigenvalue weighted by atomic mass is 10.1. The summed E-state index contributed by atoms with van der Waals surface area (Å²) in [6, 6.07) is 14.2. The molecule has 7 nitrogen and oxygen atoms in total. The molecular formula is C25H21NO6S. The van der Waals surface area contributed by atoms with Crippen molar-refractivity contribution in [1.29, 1.82) is 0 Å². The van der Waals surface area contributed by atoms with E-state index >= 15 is 0 Å². The van der Waals surface area contributed by atoms with E-state index in [0.29, 0.717) is 39.2 Å². The van der Waals surface area contributed by atoms with Crippen LogP contribution in [0.4, 0.5) is 0 Å². The Kier molecular flexibility index (Phi) is 6.46. The average molecular weight is 464 g/mol. The van der Waals surface area contributed by atoms with Gasteiger partial charge in [-0.3, -0.25) is 4.98 Å². The zero-order valence-electron chi connectivity index (χ0n) is 18.2. The topological polar surface area (TPSA) is 87.1 Å². The van der Waals surface area contributed by atoms with Crippen LogP contribution in [-0.2, 0) is 4.79 Å². The Labute approximate surface area is 194 Å². The summed E-state index contributed by atoms with van der Waals surface area (Å²) in [5.74, 6) is 1.88. The summed E-state index contributed by atoms with van der Waals surface area (Å²) in [7, 11) is 4.73. The number of fused-ring (bicyclic) bond motifs is 1. The summed E-state index contributed by atoms with van der Waals surface area (Å²) in [4.78, 5) is 16.7. The maximum Gasteiger partial charge on any atom is 0.336 e. The minimum atomic E-state index is -1.05. The lowest BCUT2D eigenvalue weighted by Crippen LogP contribution is -1.99. The summed E-state index contributed by atoms with van der Waals surface area (Å²) in [6.45, 7) is 0. The number of hydrogen-bond acceptors (Lipinski definition) is 7. The van der Waals surface area contributed by atoms with Gasteiger partial charge < -0.3 is 24.1 Å². The van der Waals surface area contributed by atoms with Gasteiger partial charge in [-0.2, -0.15) is 0 Å². The fraction of sp³-hybridized carbons (Fsp3) is 0.120. The Morgan fingerprint density at radius 3 is 2.15 bits per heavy atom. The van der Waals surface area contributed by atoms with Gasteiger partial charge in [-0.1, -0.05) is 0 Å². The van der Waals surface area contributed by atoms with Crippen LogP contribution in [0.5, 0.6) is 28.7 Å². The second-order valence-corrected chi connectivity index (χ2v) is 7.96. The number of benzene rings is 2. The molecular weight excluding hydrogens is 442 g/mol. The predicted molar refractivity (Wildman–Crippen MR) is 128 cm³/mol. The highest BCUT2D eigenvalue weighted by atomic mass is 32.1. The molecule has 2 aromatic heterocycles. The number of nitrogens with zero attached hydrogens (tertiary/aromatic N) is 1. The maximum absolute atomic E-state index is 12.1. The molecule has 1 N–H and O–H groups in total. The monoisotopic (exact) mass is 463 g/mol. The molecule has 0 fully saturated rings. The molecule has 0 saturated heterocycles. The summed E-state index contributed by atoms with van der Waals surface area (Å²) < 4.78 is 23.2. The van der Waals surface area contributed by atoms with E-state index in [-0.39, 0.29) is 5.57 Å². The zero-order valence-corrected chi connectivity index (χ0v) is 19.0. The van der Waals surface area contributed by atoms with Crippen molar-refractivity contribution in [3.8, 4) is 28.7 Å². The van der Waals surface area contributed by atoms with Crippen molar-refractivity contribution in [1.82, 2.24) is 4.98 Å². The molecule has 0 aliphatic carbocycles. The van der Waals surface area contributed by atoms with E-state index in [1.807, 2.05) is 12.1 Å². The minimum Gasteiger partial charge on any atom is -0.497 e. The van der Waals surface area contributed by atoms with E-state index in [9.17, 15) is 9.90 Å². The van der Waals surface area contributed by atoms with E-state index in [0.717, 1.165) is 10.1 Å². The highest BCUT2D eigenvalue weighted by Crippen LogP contribution is 2.46. The van der Waals surface area contributed by atoms with Crippen molar-refractivity contribution in [2.45, 2.75) is 0 Å². The fourth-order valence-electron chi connectivity index (χ4n) is 3.31. The average Bonchev–Trinajstić information content (AvgIpc) is 3.18. The van der Waals surface area contributed by atoms with Gasteiger partial charge in [0.25, 0.3) is 0 Å². The third kappa shape index (κ3) is 4.61. The second-order valence-electron chi connectivity index (χ2n) is 6.88. The number of thiophene rings is 1. The van der Waals surface area contributed by atoms with Gasteiger partial charge >= 0.3 is 5.97 Å². The van der Waals surface area contributed by atoms with Crippen molar-refractivity contribution < 1.29 is 28.8 Å². The van der Waals surface area contributed by atoms with Crippen molar-refractivity contribution in [2.75, 3.05) is 21.3 Å². The first-order chi connectivity index (χ1) is 16.0. The molecule has 2 heterocycles. The van der Waals surface area contributed by atoms with Crippen LogP contribution in [0.2, 0.25) is 0 Å². The predicted octanol–water partition coefficient (Wildman–Crippen LogP) is 5.74. The van der Waals surface area contributed by atoms with Gasteiger partial charge in [0, 0.05) is 28.5 Å². The van der Waals surface area contributed by atoms with E-state index < -0.39 is 5.97 Å². The Hall–Kier alpha value is -4.04. The number of hydrogen-bond donors (Lipinski definition) is 1. The largest absolute Gasteiger partial charge is 0.497 e. The molecule has 0 amide bonds. The molecule has 0 bridgehead atoms. The van der Waals surface area contributed by atoms with Gasteiger partial charge in [0.05, 0.1) is 31.8 Å². The number of ether oxygens (including phenoxy) is 4. The number of carboxylic acid groups (broad SMARTS) is 1. The molecule has 168 valence electrons. The number of aromatic nitrogens is 1. The molecule has 0 radical (unpaired) electrons. The smallest absolute Gasteiger partial charge is 0.336 e. The molecule has 0 aliphatic heterocycles. The lowest BCUT2D eigenvalue weighted by molar-refractivity contribution is -0.130. The summed E-state index contributed by atoms with van der Waals surface area (Å²) in [6.07, 6.45) is 4.73. The van der Waals surface area contributed by atoms with Gasteiger partial charge in [0.2, 0.25) is 0 Å². The third-order valence-electron chi connectivity index (χ3n) is 4.95. The summed E-state index contributed by atoms with van der Waals surface area (Å²) in [5, 5.41) is 10.7. The number of carbonyl (C=O) groups is 1. The fourth-order valence-corrected chi connectivity index (χ4v) is 4.40. The highest BCUT2D eigenvalue weighted by molar-refractivity contribution is 7.20. The van der Waals surface area contributed by atoms with Crippen LogP contribution in [-0.4, -0.2) is 37.4 Å². The first-order valence-electron chi connectivity index (χ1n) is 9.90. The van der Waals surface area contributed by atoms with E-state index in [1.54, 1.807) is 76.2 Å². The quantitative estimate of drug-likeness (QED) is 0.333. The Morgan fingerprint density at radius 2 is 1.55 bits per heavy atom. The van der Waals surface area contributed by atoms with Crippen LogP contribution >= 0.6 is 11.3 Å². The number of carboxylic acids is 1. The summed E-state index contributed by atoms with van der Waals surface area (Å²) in [5.41, 5.74) is 0.669. The van der Waals surface area contributed by atoms with Crippen LogP contribution in [0.3, 0.4) is 0 Å². The molecule has 4 rings (SSSR count). The lowest BCUT2D eigenvalue weighted by Gasteiger charge is -2.10. The Morgan fingerprint density at radius 1 is 0.909 bits per heavy atom. The number of methoxy groups -OCH3 is 3. The van der Waals surface area contributed by atoms with Crippen LogP contribution in [0, 0.1) is 0 Å². The molecule has 0 unspecified atom stereocenters. The van der Waals surface area contributed by atoms with Crippen LogP contribution < -0.4 is 18.9 Å². The van der Waals surface area contributed by atoms with Crippen molar-refractivity contribution in [3.05, 3.63) is 71.4 Å². The van der Waals surface area contributed by atoms with E-state index in [1.165, 1.54) is 11.3 Å². The minimum absolute atomic E-state index is 0.127. The highest BCUT2D eigenvalue weighted by Gasteiger charge is 2.20. The van der Waals surface area contributed by atoms with Gasteiger partial charge in [-0.05, 0) is 54.1 Å². The van der Waals surface area contributed by atoms with E-state index in [4.69, 9.17) is 18.9 Å². The molecule has 33 heavy (non-hydrogen) atoms. The van der Waals surface area contributed by atoms with Crippen molar-refractivity contribution >= 4 is 39.0 Å². The number of rotatable bonds is 8. The third-order valence-corrected chi connectivity index (χ3v) is 6.03. The van der Waals surface area contributed by atoms with Gasteiger partial charge in [-0.25, -0.2) is 4.79 Å². The molecule has 2 aromatic carbocycles. The van der Waals surface area contributed by atoms with E-state index in [2.05, 4.69) is 4.98 Å². The molecule has 0 atom stereocenters. The standard InChI is InChI=1S/C25H21NO6S/c1-29-16-4-6-17(7-5-16)32-24-19-12-20(30-2)21(31-3)14-22(19)33-23(24)13-18(25(27)28)15-8-10-26-11-9-15/h4-14H,1-3H3,(H,27,28). The number of aliphatic carboxylic acids is 1. The number of pyridine rings is 1. The zero-order chi connectivity index (χ0) is 23.4. The van der Waals surface area contributed by atoms with Gasteiger partial charge in [0.15, 0.2) is 17.2 Å². The summed E-state index contributed by atoms with van der Waals surface area (Å²) >= 11 is 1.40.